The van der Waals surface area contributed by atoms with Gasteiger partial charge < -0.3 is 21.3 Å². The molecule has 4 N–H and O–H groups in total. The summed E-state index contributed by atoms with van der Waals surface area (Å²) < 4.78 is 0. The fourth-order valence-electron chi connectivity index (χ4n) is 5.24. The summed E-state index contributed by atoms with van der Waals surface area (Å²) in [6, 6.07) is 12.8. The lowest BCUT2D eigenvalue weighted by molar-refractivity contribution is 0.0959. The molecule has 2 saturated heterocycles. The molecular weight excluding hydrogens is 418 g/mol. The molecule has 5 rings (SSSR count). The lowest BCUT2D eigenvalue weighted by atomic mass is 9.87. The number of nitrogens with two attached hydrogens (primary N) is 1. The average Bonchev–Trinajstić information content (AvgIpc) is 3.35. The van der Waals surface area contributed by atoms with Gasteiger partial charge in [0, 0.05) is 36.4 Å². The van der Waals surface area contributed by atoms with Gasteiger partial charge in [0.2, 0.25) is 0 Å². The summed E-state index contributed by atoms with van der Waals surface area (Å²) in [5.74, 6) is -0.122. The second-order valence-electron chi connectivity index (χ2n) is 9.08. The first-order valence-corrected chi connectivity index (χ1v) is 12.4. The number of nitrogens with zero attached hydrogens (tertiary/aromatic N) is 2. The fourth-order valence-corrected chi connectivity index (χ4v) is 6.29. The molecule has 0 bridgehead atoms. The van der Waals surface area contributed by atoms with Crippen molar-refractivity contribution in [3.8, 4) is 0 Å². The van der Waals surface area contributed by atoms with E-state index < -0.39 is 0 Å². The predicted molar refractivity (Wildman–Crippen MR) is 133 cm³/mol. The van der Waals surface area contributed by atoms with Crippen molar-refractivity contribution in [2.45, 2.75) is 44.6 Å². The summed E-state index contributed by atoms with van der Waals surface area (Å²) in [6.45, 7) is 5.90. The van der Waals surface area contributed by atoms with Crippen molar-refractivity contribution >= 4 is 38.8 Å². The summed E-state index contributed by atoms with van der Waals surface area (Å²) in [6.07, 6.45) is 5.88. The molecule has 1 atom stereocenters. The number of carbonyl (C=O) groups is 1. The molecule has 1 spiro atoms. The van der Waals surface area contributed by atoms with Gasteiger partial charge in [-0.2, -0.15) is 0 Å². The Morgan fingerprint density at radius 2 is 2.03 bits per heavy atom. The highest BCUT2D eigenvalue weighted by molar-refractivity contribution is 7.21. The van der Waals surface area contributed by atoms with Gasteiger partial charge in [-0.15, -0.1) is 11.3 Å². The van der Waals surface area contributed by atoms with Crippen LogP contribution in [-0.4, -0.2) is 42.6 Å². The van der Waals surface area contributed by atoms with Gasteiger partial charge in [0.15, 0.2) is 0 Å². The van der Waals surface area contributed by atoms with Crippen molar-refractivity contribution in [3.05, 3.63) is 52.5 Å². The van der Waals surface area contributed by atoms with E-state index in [0.717, 1.165) is 42.0 Å². The predicted octanol–water partition coefficient (Wildman–Crippen LogP) is 3.88. The molecule has 7 heteroatoms. The minimum Gasteiger partial charge on any atom is -0.397 e. The van der Waals surface area contributed by atoms with Crippen molar-refractivity contribution in [2.75, 3.05) is 36.8 Å². The molecule has 2 aromatic heterocycles. The number of anilines is 2. The first-order valence-electron chi connectivity index (χ1n) is 11.6. The van der Waals surface area contributed by atoms with Gasteiger partial charge in [-0.25, -0.2) is 4.98 Å². The molecular formula is C25H31N5OS. The van der Waals surface area contributed by atoms with E-state index in [1.807, 2.05) is 19.1 Å². The number of hydrogen-bond donors (Lipinski definition) is 3. The Bertz CT molecular complexity index is 1120. The summed E-state index contributed by atoms with van der Waals surface area (Å²) >= 11 is 1.36. The molecule has 1 unspecified atom stereocenters. The highest BCUT2D eigenvalue weighted by Crippen LogP contribution is 2.38. The van der Waals surface area contributed by atoms with E-state index in [2.05, 4.69) is 44.8 Å². The maximum atomic E-state index is 12.7. The van der Waals surface area contributed by atoms with Crippen LogP contribution in [0.3, 0.4) is 0 Å². The third-order valence-electron chi connectivity index (χ3n) is 6.93. The molecule has 168 valence electrons. The van der Waals surface area contributed by atoms with Crippen LogP contribution in [0.4, 0.5) is 11.4 Å². The number of amides is 1. The number of rotatable bonds is 5. The number of fused-ring (bicyclic) bond motifs is 1. The molecule has 4 heterocycles. The zero-order chi connectivity index (χ0) is 22.1. The first kappa shape index (κ1) is 21.2. The van der Waals surface area contributed by atoms with Crippen LogP contribution in [-0.2, 0) is 6.42 Å². The number of thiophene rings is 1. The smallest absolute Gasteiger partial charge is 0.263 e. The second-order valence-corrected chi connectivity index (χ2v) is 10.1. The topological polar surface area (TPSA) is 83.3 Å². The van der Waals surface area contributed by atoms with E-state index >= 15 is 0 Å². The molecule has 0 radical (unpaired) electrons. The molecule has 32 heavy (non-hydrogen) atoms. The van der Waals surface area contributed by atoms with E-state index in [4.69, 9.17) is 5.73 Å². The third kappa shape index (κ3) is 3.95. The van der Waals surface area contributed by atoms with E-state index in [0.29, 0.717) is 22.6 Å². The average molecular weight is 450 g/mol. The van der Waals surface area contributed by atoms with E-state index in [1.54, 1.807) is 0 Å². The minimum atomic E-state index is -0.122. The van der Waals surface area contributed by atoms with Gasteiger partial charge >= 0.3 is 0 Å². The van der Waals surface area contributed by atoms with Crippen molar-refractivity contribution in [3.63, 3.8) is 0 Å². The third-order valence-corrected chi connectivity index (χ3v) is 8.05. The first-order chi connectivity index (χ1) is 15.6. The molecule has 2 aliphatic heterocycles. The van der Waals surface area contributed by atoms with Crippen LogP contribution in [0.15, 0.2) is 36.4 Å². The van der Waals surface area contributed by atoms with Crippen molar-refractivity contribution in [1.82, 2.24) is 15.6 Å². The maximum absolute atomic E-state index is 12.7. The fraction of sp³-hybridized carbons (Fsp3) is 0.440. The number of nitrogen functional groups attached to an aromatic ring is 1. The van der Waals surface area contributed by atoms with Gasteiger partial charge in [-0.3, -0.25) is 4.79 Å². The Hall–Kier alpha value is -2.64. The molecule has 1 aromatic carbocycles. The Morgan fingerprint density at radius 3 is 2.81 bits per heavy atom. The summed E-state index contributed by atoms with van der Waals surface area (Å²) in [4.78, 5) is 21.2. The van der Waals surface area contributed by atoms with E-state index in [9.17, 15) is 4.79 Å². The lowest BCUT2D eigenvalue weighted by Gasteiger charge is -2.43. The Labute approximate surface area is 193 Å². The minimum absolute atomic E-state index is 0.122. The zero-order valence-corrected chi connectivity index (χ0v) is 19.4. The van der Waals surface area contributed by atoms with Gasteiger partial charge in [-0.1, -0.05) is 12.1 Å². The molecule has 0 aliphatic carbocycles. The highest BCUT2D eigenvalue weighted by Gasteiger charge is 2.41. The number of aromatic nitrogens is 1. The normalized spacial score (nSPS) is 20.8. The molecule has 2 fully saturated rings. The van der Waals surface area contributed by atoms with Crippen molar-refractivity contribution < 1.29 is 4.79 Å². The number of hydrogen-bond acceptors (Lipinski definition) is 6. The standard InChI is InChI=1S/C25H31N5OS/c1-17-4-9-20-21(26)22(32-24(20)29-17)23(31)28-14-10-18-5-7-19(8-6-18)30-15-3-12-25(30)11-2-13-27-16-25/h4-9,27H,2-3,10-16,26H2,1H3,(H,28,31). The van der Waals surface area contributed by atoms with Crippen molar-refractivity contribution in [1.29, 1.82) is 0 Å². The van der Waals surface area contributed by atoms with Crippen LogP contribution in [0.5, 0.6) is 0 Å². The van der Waals surface area contributed by atoms with E-state index in [-0.39, 0.29) is 5.91 Å². The van der Waals surface area contributed by atoms with Gasteiger partial charge in [0.1, 0.15) is 9.71 Å². The molecule has 6 nitrogen and oxygen atoms in total. The van der Waals surface area contributed by atoms with Gasteiger partial charge in [0.05, 0.1) is 11.2 Å². The SMILES string of the molecule is Cc1ccc2c(N)c(C(=O)NCCc3ccc(N4CCCC45CCCNC5)cc3)sc2n1. The maximum Gasteiger partial charge on any atom is 0.263 e. The highest BCUT2D eigenvalue weighted by atomic mass is 32.1. The largest absolute Gasteiger partial charge is 0.397 e. The Kier molecular flexibility index (Phi) is 5.78. The molecule has 1 amide bonds. The van der Waals surface area contributed by atoms with Crippen molar-refractivity contribution in [2.24, 2.45) is 0 Å². The van der Waals surface area contributed by atoms with Crippen LogP contribution in [0.1, 0.15) is 46.6 Å². The van der Waals surface area contributed by atoms with Crippen LogP contribution >= 0.6 is 11.3 Å². The summed E-state index contributed by atoms with van der Waals surface area (Å²) in [7, 11) is 0. The van der Waals surface area contributed by atoms with Gasteiger partial charge in [-0.05, 0) is 75.4 Å². The number of aryl methyl sites for hydroxylation is 1. The molecule has 3 aromatic rings. The lowest BCUT2D eigenvalue weighted by Crippen LogP contribution is -2.54. The van der Waals surface area contributed by atoms with Crippen LogP contribution in [0.25, 0.3) is 10.2 Å². The monoisotopic (exact) mass is 449 g/mol. The van der Waals surface area contributed by atoms with E-state index in [1.165, 1.54) is 48.3 Å². The number of nitrogens with one attached hydrogen (secondary N) is 2. The second kappa shape index (κ2) is 8.71. The molecule has 2 aliphatic rings. The number of pyridine rings is 1. The van der Waals surface area contributed by atoms with Crippen LogP contribution in [0, 0.1) is 6.92 Å². The summed E-state index contributed by atoms with van der Waals surface area (Å²) in [5.41, 5.74) is 10.5. The molecule has 0 saturated carbocycles. The number of benzene rings is 1. The Morgan fingerprint density at radius 1 is 1.22 bits per heavy atom. The van der Waals surface area contributed by atoms with Gasteiger partial charge in [0.25, 0.3) is 5.91 Å². The van der Waals surface area contributed by atoms with Crippen LogP contribution < -0.4 is 21.3 Å². The number of carbonyl (C=O) groups excluding carboxylic acids is 1. The zero-order valence-electron chi connectivity index (χ0n) is 18.6. The number of piperidine rings is 1. The van der Waals surface area contributed by atoms with Crippen LogP contribution in [0.2, 0.25) is 0 Å². The Balaban J connectivity index is 1.20. The summed E-state index contributed by atoms with van der Waals surface area (Å²) in [5, 5.41) is 7.48. The quantitative estimate of drug-likeness (QED) is 0.551.